The van der Waals surface area contributed by atoms with Gasteiger partial charge in [-0.05, 0) is 67.2 Å². The fourth-order valence-corrected chi connectivity index (χ4v) is 4.03. The summed E-state index contributed by atoms with van der Waals surface area (Å²) in [5, 5.41) is 6.80. The van der Waals surface area contributed by atoms with Crippen LogP contribution in [0.1, 0.15) is 55.4 Å². The Kier molecular flexibility index (Phi) is 10.2. The third-order valence-electron chi connectivity index (χ3n) is 5.48. The molecule has 1 aliphatic carbocycles. The zero-order valence-electron chi connectivity index (χ0n) is 19.3. The fraction of sp³-hybridized carbons (Fsp3) is 0.565. The second-order valence-corrected chi connectivity index (χ2v) is 8.39. The van der Waals surface area contributed by atoms with Crippen LogP contribution >= 0.6 is 12.8 Å². The van der Waals surface area contributed by atoms with Gasteiger partial charge >= 0.3 is 6.03 Å². The van der Waals surface area contributed by atoms with Crippen LogP contribution in [0.4, 0.5) is 16.2 Å². The SMILES string of the molecule is C1CCOC1.CCc1cc2c(c(NC(N)=O)c1CC)CCC2.CN(S)c1cnn(C)c1. The first-order chi connectivity index (χ1) is 14.9. The lowest BCUT2D eigenvalue weighted by Gasteiger charge is -2.17. The van der Waals surface area contributed by atoms with Gasteiger partial charge in [0.15, 0.2) is 0 Å². The van der Waals surface area contributed by atoms with Crippen molar-refractivity contribution in [3.63, 3.8) is 0 Å². The molecule has 2 heterocycles. The maximum atomic E-state index is 11.1. The normalized spacial score (nSPS) is 14.1. The molecule has 31 heavy (non-hydrogen) atoms. The van der Waals surface area contributed by atoms with Crippen LogP contribution < -0.4 is 15.4 Å². The number of nitrogens with one attached hydrogen (secondary N) is 1. The number of urea groups is 1. The quantitative estimate of drug-likeness (QED) is 0.611. The Balaban J connectivity index is 0.000000201. The van der Waals surface area contributed by atoms with E-state index in [4.69, 9.17) is 10.5 Å². The average Bonchev–Trinajstić information content (AvgIpc) is 3.50. The molecule has 4 rings (SSSR count). The van der Waals surface area contributed by atoms with Crippen LogP contribution in [-0.2, 0) is 37.5 Å². The van der Waals surface area contributed by atoms with Crippen molar-refractivity contribution in [3.05, 3.63) is 40.7 Å². The van der Waals surface area contributed by atoms with Crippen LogP contribution in [0.5, 0.6) is 0 Å². The maximum absolute atomic E-state index is 11.1. The largest absolute Gasteiger partial charge is 0.381 e. The molecule has 3 N–H and O–H groups in total. The molecule has 2 aromatic rings. The van der Waals surface area contributed by atoms with Gasteiger partial charge in [0.05, 0.1) is 11.9 Å². The highest BCUT2D eigenvalue weighted by molar-refractivity contribution is 7.81. The van der Waals surface area contributed by atoms with E-state index >= 15 is 0 Å². The molecule has 0 atom stereocenters. The minimum Gasteiger partial charge on any atom is -0.381 e. The highest BCUT2D eigenvalue weighted by Gasteiger charge is 2.20. The summed E-state index contributed by atoms with van der Waals surface area (Å²) in [7, 11) is 3.74. The zero-order valence-corrected chi connectivity index (χ0v) is 20.2. The van der Waals surface area contributed by atoms with Crippen molar-refractivity contribution in [2.45, 2.75) is 58.8 Å². The standard InChI is InChI=1S/C14H20N2O.C5H9N3S.C4H8O/c1-3-9-8-10-6-5-7-12(10)13(11(9)4-2)16-14(15)17;1-7-4-5(3-6-7)8(2)9;1-2-4-5-3-1/h8H,3-7H2,1-2H3,(H3,15,16,17);3-4,9H,1-2H3;1-4H2. The number of carbonyl (C=O) groups is 1. The van der Waals surface area contributed by atoms with Crippen LogP contribution in [0.15, 0.2) is 18.5 Å². The van der Waals surface area contributed by atoms with Gasteiger partial charge in [-0.15, -0.1) is 0 Å². The predicted octanol–water partition coefficient (Wildman–Crippen LogP) is 4.29. The van der Waals surface area contributed by atoms with Crippen LogP contribution in [0.25, 0.3) is 0 Å². The molecule has 0 saturated carbocycles. The highest BCUT2D eigenvalue weighted by atomic mass is 32.1. The number of aryl methyl sites for hydroxylation is 3. The second-order valence-electron chi connectivity index (χ2n) is 7.79. The number of nitrogens with two attached hydrogens (primary N) is 1. The van der Waals surface area contributed by atoms with Gasteiger partial charge in [-0.2, -0.15) is 5.10 Å². The van der Waals surface area contributed by atoms with E-state index in [2.05, 4.69) is 43.1 Å². The summed E-state index contributed by atoms with van der Waals surface area (Å²) in [6, 6.07) is 1.86. The number of aromatic nitrogens is 2. The lowest BCUT2D eigenvalue weighted by atomic mass is 9.94. The molecule has 172 valence electrons. The number of hydrogen-bond acceptors (Lipinski definition) is 5. The minimum atomic E-state index is -0.456. The second kappa shape index (κ2) is 12.6. The van der Waals surface area contributed by atoms with Crippen LogP contribution in [-0.4, -0.2) is 36.1 Å². The van der Waals surface area contributed by atoms with E-state index in [9.17, 15) is 4.79 Å². The molecule has 8 heteroatoms. The predicted molar refractivity (Wildman–Crippen MR) is 131 cm³/mol. The number of carbonyl (C=O) groups excluding carboxylic acids is 1. The van der Waals surface area contributed by atoms with Gasteiger partial charge in [-0.25, -0.2) is 4.79 Å². The van der Waals surface area contributed by atoms with E-state index in [1.165, 1.54) is 41.5 Å². The van der Waals surface area contributed by atoms with Crippen LogP contribution in [0.2, 0.25) is 0 Å². The Morgan fingerprint density at radius 2 is 1.97 bits per heavy atom. The number of amides is 2. The first kappa shape index (κ1) is 25.1. The number of benzene rings is 1. The summed E-state index contributed by atoms with van der Waals surface area (Å²) in [4.78, 5) is 11.1. The van der Waals surface area contributed by atoms with E-state index in [-0.39, 0.29) is 0 Å². The monoisotopic (exact) mass is 447 g/mol. The number of thiol groups is 1. The summed E-state index contributed by atoms with van der Waals surface area (Å²) in [6.07, 6.45) is 11.5. The average molecular weight is 448 g/mol. The van der Waals surface area contributed by atoms with Crippen molar-refractivity contribution in [2.75, 3.05) is 29.9 Å². The molecule has 0 radical (unpaired) electrons. The number of primary amides is 1. The Hall–Kier alpha value is -2.19. The Labute approximate surface area is 191 Å². The number of fused-ring (bicyclic) bond motifs is 1. The lowest BCUT2D eigenvalue weighted by Crippen LogP contribution is -2.21. The summed E-state index contributed by atoms with van der Waals surface area (Å²) < 4.78 is 8.40. The molecule has 7 nitrogen and oxygen atoms in total. The van der Waals surface area contributed by atoms with Crippen molar-refractivity contribution in [1.82, 2.24) is 9.78 Å². The first-order valence-corrected chi connectivity index (χ1v) is 11.5. The summed E-state index contributed by atoms with van der Waals surface area (Å²) in [6.45, 7) is 6.28. The Morgan fingerprint density at radius 1 is 1.26 bits per heavy atom. The van der Waals surface area contributed by atoms with Gasteiger partial charge < -0.3 is 20.1 Å². The number of ether oxygens (including phenoxy) is 1. The molecule has 1 aromatic carbocycles. The number of nitrogens with zero attached hydrogens (tertiary/aromatic N) is 3. The molecule has 0 unspecified atom stereocenters. The van der Waals surface area contributed by atoms with Crippen molar-refractivity contribution < 1.29 is 9.53 Å². The zero-order chi connectivity index (χ0) is 22.8. The van der Waals surface area contributed by atoms with Gasteiger partial charge in [-0.3, -0.25) is 4.68 Å². The van der Waals surface area contributed by atoms with Crippen LogP contribution in [0, 0.1) is 0 Å². The molecule has 1 aliphatic heterocycles. The molecule has 2 aliphatic rings. The molecule has 0 bridgehead atoms. The van der Waals surface area contributed by atoms with E-state index in [1.54, 1.807) is 15.2 Å². The molecule has 2 amide bonds. The molecule has 0 spiro atoms. The van der Waals surface area contributed by atoms with E-state index in [0.717, 1.165) is 50.3 Å². The van der Waals surface area contributed by atoms with E-state index < -0.39 is 6.03 Å². The minimum absolute atomic E-state index is 0.456. The maximum Gasteiger partial charge on any atom is 0.316 e. The Bertz CT molecular complexity index is 839. The van der Waals surface area contributed by atoms with Gasteiger partial charge in [0.2, 0.25) is 0 Å². The van der Waals surface area contributed by atoms with Gasteiger partial charge in [0.25, 0.3) is 0 Å². The van der Waals surface area contributed by atoms with Crippen molar-refractivity contribution in [1.29, 1.82) is 0 Å². The molecule has 1 aromatic heterocycles. The van der Waals surface area contributed by atoms with Crippen molar-refractivity contribution in [3.8, 4) is 0 Å². The van der Waals surface area contributed by atoms with Crippen molar-refractivity contribution >= 4 is 30.2 Å². The van der Waals surface area contributed by atoms with Crippen LogP contribution in [0.3, 0.4) is 0 Å². The van der Waals surface area contributed by atoms with Gasteiger partial charge in [-0.1, -0.05) is 32.7 Å². The third-order valence-corrected chi connectivity index (χ3v) is 5.71. The Morgan fingerprint density at radius 3 is 2.39 bits per heavy atom. The topological polar surface area (TPSA) is 85.4 Å². The number of rotatable bonds is 4. The van der Waals surface area contributed by atoms with E-state index in [1.807, 2.05) is 20.3 Å². The molecule has 1 fully saturated rings. The first-order valence-electron chi connectivity index (χ1n) is 11.1. The smallest absolute Gasteiger partial charge is 0.316 e. The highest BCUT2D eigenvalue weighted by Crippen LogP contribution is 2.35. The third kappa shape index (κ3) is 7.47. The lowest BCUT2D eigenvalue weighted by molar-refractivity contribution is 0.198. The van der Waals surface area contributed by atoms with E-state index in [0.29, 0.717) is 0 Å². The van der Waals surface area contributed by atoms with Gasteiger partial charge in [0, 0.05) is 39.2 Å². The molecular formula is C23H37N5O2S. The molecular weight excluding hydrogens is 410 g/mol. The fourth-order valence-electron chi connectivity index (χ4n) is 3.93. The molecule has 1 saturated heterocycles. The number of anilines is 2. The summed E-state index contributed by atoms with van der Waals surface area (Å²) in [5.41, 5.74) is 12.6. The summed E-state index contributed by atoms with van der Waals surface area (Å²) in [5.74, 6) is 0. The number of hydrogen-bond donors (Lipinski definition) is 3. The van der Waals surface area contributed by atoms with Crippen molar-refractivity contribution in [2.24, 2.45) is 12.8 Å². The van der Waals surface area contributed by atoms with Gasteiger partial charge in [0.1, 0.15) is 0 Å². The summed E-state index contributed by atoms with van der Waals surface area (Å²) >= 11 is 4.08.